The molecular formula is C17H24N4. The third kappa shape index (κ3) is 2.74. The Bertz CT molecular complexity index is 590. The van der Waals surface area contributed by atoms with Gasteiger partial charge in [0, 0.05) is 24.9 Å². The highest BCUT2D eigenvalue weighted by Crippen LogP contribution is 2.39. The smallest absolute Gasteiger partial charge is 0.127 e. The largest absolute Gasteiger partial charge is 0.334 e. The van der Waals surface area contributed by atoms with Crippen molar-refractivity contribution >= 4 is 0 Å². The van der Waals surface area contributed by atoms with E-state index in [1.165, 1.54) is 24.0 Å². The van der Waals surface area contributed by atoms with E-state index < -0.39 is 0 Å². The number of hydrogen-bond acceptors (Lipinski definition) is 3. The quantitative estimate of drug-likeness (QED) is 0.655. The van der Waals surface area contributed by atoms with Gasteiger partial charge in [-0.15, -0.1) is 0 Å². The number of rotatable bonds is 5. The molecule has 1 aromatic carbocycles. The van der Waals surface area contributed by atoms with Crippen LogP contribution in [0.1, 0.15) is 55.1 Å². The molecular weight excluding hydrogens is 260 g/mol. The molecule has 2 atom stereocenters. The topological polar surface area (TPSA) is 55.9 Å². The second kappa shape index (κ2) is 6.41. The number of hydrazine groups is 1. The number of imidazole rings is 1. The van der Waals surface area contributed by atoms with Crippen LogP contribution < -0.4 is 11.3 Å². The van der Waals surface area contributed by atoms with Gasteiger partial charge in [-0.25, -0.2) is 10.4 Å². The van der Waals surface area contributed by atoms with Gasteiger partial charge in [-0.1, -0.05) is 31.2 Å². The minimum atomic E-state index is 0.0769. The fourth-order valence-electron chi connectivity index (χ4n) is 3.54. The highest BCUT2D eigenvalue weighted by atomic mass is 15.3. The van der Waals surface area contributed by atoms with Gasteiger partial charge in [0.25, 0.3) is 0 Å². The predicted octanol–water partition coefficient (Wildman–Crippen LogP) is 2.92. The molecule has 1 aromatic heterocycles. The molecule has 0 spiro atoms. The van der Waals surface area contributed by atoms with Crippen molar-refractivity contribution in [2.24, 2.45) is 5.84 Å². The molecule has 21 heavy (non-hydrogen) atoms. The summed E-state index contributed by atoms with van der Waals surface area (Å²) in [5.41, 5.74) is 5.92. The Morgan fingerprint density at radius 3 is 3.10 bits per heavy atom. The van der Waals surface area contributed by atoms with E-state index in [-0.39, 0.29) is 6.04 Å². The minimum absolute atomic E-state index is 0.0769. The van der Waals surface area contributed by atoms with Crippen LogP contribution in [0.4, 0.5) is 0 Å². The molecule has 4 heteroatoms. The first kappa shape index (κ1) is 14.3. The lowest BCUT2D eigenvalue weighted by Crippen LogP contribution is -2.36. The zero-order valence-corrected chi connectivity index (χ0v) is 12.6. The fraction of sp³-hybridized carbons (Fsp3) is 0.471. The van der Waals surface area contributed by atoms with Crippen LogP contribution in [0, 0.1) is 0 Å². The maximum absolute atomic E-state index is 5.91. The average molecular weight is 284 g/mol. The van der Waals surface area contributed by atoms with Gasteiger partial charge in [0.15, 0.2) is 0 Å². The number of aryl methyl sites for hydroxylation is 2. The molecule has 2 unspecified atom stereocenters. The Hall–Kier alpha value is -1.65. The number of fused-ring (bicyclic) bond motifs is 1. The molecule has 0 radical (unpaired) electrons. The van der Waals surface area contributed by atoms with Crippen LogP contribution in [0.5, 0.6) is 0 Å². The van der Waals surface area contributed by atoms with Crippen LogP contribution in [0.15, 0.2) is 36.7 Å². The fourth-order valence-corrected chi connectivity index (χ4v) is 3.54. The van der Waals surface area contributed by atoms with Crippen molar-refractivity contribution in [3.05, 3.63) is 53.6 Å². The summed E-state index contributed by atoms with van der Waals surface area (Å²) < 4.78 is 2.22. The van der Waals surface area contributed by atoms with Crippen molar-refractivity contribution in [3.8, 4) is 0 Å². The molecule has 1 aliphatic carbocycles. The standard InChI is InChI=1S/C17H24N4/c1-2-11-21-12-10-19-17(21)16(20-18)15-9-5-7-13-6-3-4-8-14(13)15/h3-4,6,8,10,12,15-16,20H,2,5,7,9,11,18H2,1H3. The number of nitrogens with two attached hydrogens (primary N) is 1. The molecule has 112 valence electrons. The number of nitrogens with zero attached hydrogens (tertiary/aromatic N) is 2. The Morgan fingerprint density at radius 1 is 1.43 bits per heavy atom. The SMILES string of the molecule is CCCn1ccnc1C(NN)C1CCCc2ccccc21. The third-order valence-corrected chi connectivity index (χ3v) is 4.49. The van der Waals surface area contributed by atoms with E-state index in [1.807, 2.05) is 6.20 Å². The maximum Gasteiger partial charge on any atom is 0.127 e. The predicted molar refractivity (Wildman–Crippen MR) is 84.7 cm³/mol. The summed E-state index contributed by atoms with van der Waals surface area (Å²) in [6, 6.07) is 8.82. The maximum atomic E-state index is 5.91. The first-order valence-corrected chi connectivity index (χ1v) is 7.90. The Balaban J connectivity index is 1.96. The van der Waals surface area contributed by atoms with Crippen molar-refractivity contribution < 1.29 is 0 Å². The van der Waals surface area contributed by atoms with Gasteiger partial charge in [0.2, 0.25) is 0 Å². The summed E-state index contributed by atoms with van der Waals surface area (Å²) >= 11 is 0. The Labute approximate surface area is 126 Å². The summed E-state index contributed by atoms with van der Waals surface area (Å²) in [4.78, 5) is 4.57. The molecule has 3 rings (SSSR count). The van der Waals surface area contributed by atoms with Gasteiger partial charge in [-0.3, -0.25) is 5.84 Å². The third-order valence-electron chi connectivity index (χ3n) is 4.49. The number of hydrogen-bond donors (Lipinski definition) is 2. The first-order chi connectivity index (χ1) is 10.3. The van der Waals surface area contributed by atoms with Crippen LogP contribution in [0.3, 0.4) is 0 Å². The number of benzene rings is 1. The van der Waals surface area contributed by atoms with Gasteiger partial charge >= 0.3 is 0 Å². The van der Waals surface area contributed by atoms with Crippen LogP contribution in [0.2, 0.25) is 0 Å². The van der Waals surface area contributed by atoms with Gasteiger partial charge in [-0.2, -0.15) is 0 Å². The lowest BCUT2D eigenvalue weighted by Gasteiger charge is -2.32. The zero-order chi connectivity index (χ0) is 14.7. The average Bonchev–Trinajstić information content (AvgIpc) is 2.97. The molecule has 4 nitrogen and oxygen atoms in total. The summed E-state index contributed by atoms with van der Waals surface area (Å²) in [7, 11) is 0. The van der Waals surface area contributed by atoms with E-state index in [9.17, 15) is 0 Å². The van der Waals surface area contributed by atoms with Crippen LogP contribution >= 0.6 is 0 Å². The van der Waals surface area contributed by atoms with Crippen molar-refractivity contribution in [3.63, 3.8) is 0 Å². The van der Waals surface area contributed by atoms with Crippen LogP contribution in [-0.2, 0) is 13.0 Å². The molecule has 1 heterocycles. The first-order valence-electron chi connectivity index (χ1n) is 7.90. The molecule has 0 saturated carbocycles. The summed E-state index contributed by atoms with van der Waals surface area (Å²) in [5, 5.41) is 0. The van der Waals surface area contributed by atoms with Gasteiger partial charge in [0.1, 0.15) is 5.82 Å². The van der Waals surface area contributed by atoms with E-state index in [0.717, 1.165) is 25.2 Å². The van der Waals surface area contributed by atoms with Crippen LogP contribution in [-0.4, -0.2) is 9.55 Å². The Kier molecular flexibility index (Phi) is 4.36. The number of aromatic nitrogens is 2. The van der Waals surface area contributed by atoms with Crippen LogP contribution in [0.25, 0.3) is 0 Å². The molecule has 0 amide bonds. The molecule has 0 aliphatic heterocycles. The highest BCUT2D eigenvalue weighted by molar-refractivity contribution is 5.34. The van der Waals surface area contributed by atoms with Crippen molar-refractivity contribution in [1.29, 1.82) is 0 Å². The van der Waals surface area contributed by atoms with E-state index in [1.54, 1.807) is 0 Å². The monoisotopic (exact) mass is 284 g/mol. The van der Waals surface area contributed by atoms with Crippen molar-refractivity contribution in [1.82, 2.24) is 15.0 Å². The number of nitrogens with one attached hydrogen (secondary N) is 1. The molecule has 0 saturated heterocycles. The summed E-state index contributed by atoms with van der Waals surface area (Å²) in [6.45, 7) is 3.17. The molecule has 2 aromatic rings. The molecule has 3 N–H and O–H groups in total. The zero-order valence-electron chi connectivity index (χ0n) is 12.6. The van der Waals surface area contributed by atoms with Gasteiger partial charge in [-0.05, 0) is 36.8 Å². The lowest BCUT2D eigenvalue weighted by molar-refractivity contribution is 0.380. The minimum Gasteiger partial charge on any atom is -0.334 e. The second-order valence-electron chi connectivity index (χ2n) is 5.82. The van der Waals surface area contributed by atoms with E-state index >= 15 is 0 Å². The summed E-state index contributed by atoms with van der Waals surface area (Å²) in [5.74, 6) is 7.37. The molecule has 0 bridgehead atoms. The van der Waals surface area contributed by atoms with E-state index in [2.05, 4.69) is 52.4 Å². The lowest BCUT2D eigenvalue weighted by atomic mass is 9.78. The van der Waals surface area contributed by atoms with E-state index in [0.29, 0.717) is 5.92 Å². The van der Waals surface area contributed by atoms with Crippen molar-refractivity contribution in [2.75, 3.05) is 0 Å². The molecule has 1 aliphatic rings. The molecule has 0 fully saturated rings. The second-order valence-corrected chi connectivity index (χ2v) is 5.82. The normalized spacial score (nSPS) is 19.2. The van der Waals surface area contributed by atoms with Gasteiger partial charge in [0.05, 0.1) is 6.04 Å². The van der Waals surface area contributed by atoms with Crippen molar-refractivity contribution in [2.45, 2.75) is 51.1 Å². The highest BCUT2D eigenvalue weighted by Gasteiger charge is 2.30. The van der Waals surface area contributed by atoms with Gasteiger partial charge < -0.3 is 4.57 Å². The van der Waals surface area contributed by atoms with E-state index in [4.69, 9.17) is 5.84 Å². The Morgan fingerprint density at radius 2 is 2.29 bits per heavy atom. The summed E-state index contributed by atoms with van der Waals surface area (Å²) in [6.07, 6.45) is 8.58.